The van der Waals surface area contributed by atoms with Gasteiger partial charge in [-0.25, -0.2) is 9.97 Å². The van der Waals surface area contributed by atoms with Crippen LogP contribution in [0.15, 0.2) is 24.3 Å². The zero-order valence-electron chi connectivity index (χ0n) is 10.8. The van der Waals surface area contributed by atoms with Crippen molar-refractivity contribution in [3.8, 4) is 0 Å². The lowest BCUT2D eigenvalue weighted by molar-refractivity contribution is 0.0595. The highest BCUT2D eigenvalue weighted by Crippen LogP contribution is 2.20. The number of para-hydroxylation sites is 2. The number of nitrogens with two attached hydrogens (primary N) is 1. The number of fused-ring (bicyclic) bond motifs is 1. The highest BCUT2D eigenvalue weighted by molar-refractivity contribution is 5.79. The first-order valence-electron chi connectivity index (χ1n) is 6.67. The minimum absolute atomic E-state index is 0.454. The minimum Gasteiger partial charge on any atom is -0.381 e. The van der Waals surface area contributed by atoms with E-state index in [1.165, 1.54) is 6.42 Å². The molecule has 0 radical (unpaired) electrons. The Morgan fingerprint density at radius 3 is 2.79 bits per heavy atom. The number of anilines is 2. The van der Waals surface area contributed by atoms with Gasteiger partial charge in [-0.15, -0.1) is 0 Å². The van der Waals surface area contributed by atoms with Gasteiger partial charge < -0.3 is 15.8 Å². The summed E-state index contributed by atoms with van der Waals surface area (Å²) in [4.78, 5) is 8.88. The summed E-state index contributed by atoms with van der Waals surface area (Å²) in [6.07, 6.45) is 2.32. The molecule has 1 aliphatic rings. The second kappa shape index (κ2) is 5.40. The van der Waals surface area contributed by atoms with Crippen LogP contribution in [-0.2, 0) is 4.74 Å². The Morgan fingerprint density at radius 1 is 1.26 bits per heavy atom. The molecule has 0 spiro atoms. The van der Waals surface area contributed by atoms with Crippen LogP contribution < -0.4 is 11.1 Å². The van der Waals surface area contributed by atoms with E-state index in [-0.39, 0.29) is 0 Å². The van der Waals surface area contributed by atoms with E-state index in [1.54, 1.807) is 0 Å². The van der Waals surface area contributed by atoms with Crippen molar-refractivity contribution >= 4 is 22.7 Å². The molecule has 1 aromatic heterocycles. The predicted molar refractivity (Wildman–Crippen MR) is 76.0 cm³/mol. The van der Waals surface area contributed by atoms with E-state index in [0.717, 1.165) is 37.2 Å². The zero-order valence-corrected chi connectivity index (χ0v) is 10.8. The van der Waals surface area contributed by atoms with Gasteiger partial charge in [-0.1, -0.05) is 12.1 Å². The molecule has 2 heterocycles. The van der Waals surface area contributed by atoms with Crippen LogP contribution in [0.2, 0.25) is 0 Å². The maximum atomic E-state index is 5.93. The van der Waals surface area contributed by atoms with Crippen molar-refractivity contribution in [2.24, 2.45) is 5.92 Å². The van der Waals surface area contributed by atoms with Gasteiger partial charge in [-0.2, -0.15) is 0 Å². The standard InChI is InChI=1S/C14H18N4O/c15-13-14(16-8-10-4-3-7-19-9-10)18-12-6-2-1-5-11(12)17-13/h1-2,5-6,10H,3-4,7-9H2,(H2,15,17)(H,16,18). The van der Waals surface area contributed by atoms with Crippen LogP contribution in [0, 0.1) is 5.92 Å². The molecule has 2 aromatic rings. The van der Waals surface area contributed by atoms with Gasteiger partial charge in [0.25, 0.3) is 0 Å². The molecule has 1 saturated heterocycles. The van der Waals surface area contributed by atoms with Gasteiger partial charge >= 0.3 is 0 Å². The van der Waals surface area contributed by atoms with E-state index >= 15 is 0 Å². The summed E-state index contributed by atoms with van der Waals surface area (Å²) < 4.78 is 5.46. The number of nitrogen functional groups attached to an aromatic ring is 1. The lowest BCUT2D eigenvalue weighted by Crippen LogP contribution is -2.25. The third kappa shape index (κ3) is 2.76. The minimum atomic E-state index is 0.454. The molecule has 1 atom stereocenters. The summed E-state index contributed by atoms with van der Waals surface area (Å²) in [5, 5.41) is 3.30. The van der Waals surface area contributed by atoms with E-state index in [9.17, 15) is 0 Å². The number of aromatic nitrogens is 2. The number of hydrogen-bond acceptors (Lipinski definition) is 5. The van der Waals surface area contributed by atoms with E-state index in [1.807, 2.05) is 24.3 Å². The highest BCUT2D eigenvalue weighted by Gasteiger charge is 2.14. The van der Waals surface area contributed by atoms with Crippen molar-refractivity contribution in [1.29, 1.82) is 0 Å². The molecule has 0 aliphatic carbocycles. The number of ether oxygens (including phenoxy) is 1. The van der Waals surface area contributed by atoms with Crippen LogP contribution in [0.4, 0.5) is 11.6 Å². The normalized spacial score (nSPS) is 19.5. The third-order valence-electron chi connectivity index (χ3n) is 3.41. The Kier molecular flexibility index (Phi) is 3.46. The van der Waals surface area contributed by atoms with Crippen molar-refractivity contribution in [2.45, 2.75) is 12.8 Å². The SMILES string of the molecule is Nc1nc2ccccc2nc1NCC1CCCOC1. The predicted octanol–water partition coefficient (Wildman–Crippen LogP) is 2.05. The molecule has 0 bridgehead atoms. The van der Waals surface area contributed by atoms with Crippen molar-refractivity contribution in [2.75, 3.05) is 30.8 Å². The summed E-state index contributed by atoms with van der Waals surface area (Å²) in [7, 11) is 0. The summed E-state index contributed by atoms with van der Waals surface area (Å²) >= 11 is 0. The maximum Gasteiger partial charge on any atom is 0.169 e. The second-order valence-corrected chi connectivity index (χ2v) is 4.91. The Hall–Kier alpha value is -1.88. The molecule has 100 valence electrons. The van der Waals surface area contributed by atoms with E-state index in [2.05, 4.69) is 15.3 Å². The molecule has 0 saturated carbocycles. The fraction of sp³-hybridized carbons (Fsp3) is 0.429. The number of nitrogens with one attached hydrogen (secondary N) is 1. The third-order valence-corrected chi connectivity index (χ3v) is 3.41. The van der Waals surface area contributed by atoms with Crippen LogP contribution in [0.25, 0.3) is 11.0 Å². The van der Waals surface area contributed by atoms with Crippen molar-refractivity contribution in [3.05, 3.63) is 24.3 Å². The molecule has 1 unspecified atom stereocenters. The molecular weight excluding hydrogens is 240 g/mol. The second-order valence-electron chi connectivity index (χ2n) is 4.91. The molecule has 3 N–H and O–H groups in total. The Bertz CT molecular complexity index is 566. The molecule has 1 aliphatic heterocycles. The van der Waals surface area contributed by atoms with Crippen LogP contribution in [-0.4, -0.2) is 29.7 Å². The van der Waals surface area contributed by atoms with Gasteiger partial charge in [0.1, 0.15) is 0 Å². The van der Waals surface area contributed by atoms with Crippen LogP contribution in [0.5, 0.6) is 0 Å². The first-order valence-corrected chi connectivity index (χ1v) is 6.67. The lowest BCUT2D eigenvalue weighted by Gasteiger charge is -2.22. The van der Waals surface area contributed by atoms with Gasteiger partial charge in [0.2, 0.25) is 0 Å². The molecule has 1 fully saturated rings. The fourth-order valence-electron chi connectivity index (χ4n) is 2.35. The van der Waals surface area contributed by atoms with Gasteiger partial charge in [-0.05, 0) is 30.9 Å². The van der Waals surface area contributed by atoms with Gasteiger partial charge in [0.05, 0.1) is 17.6 Å². The molecule has 5 heteroatoms. The van der Waals surface area contributed by atoms with Crippen LogP contribution in [0.1, 0.15) is 12.8 Å². The summed E-state index contributed by atoms with van der Waals surface area (Å²) in [5.74, 6) is 1.65. The topological polar surface area (TPSA) is 73.1 Å². The lowest BCUT2D eigenvalue weighted by atomic mass is 10.0. The number of rotatable bonds is 3. The fourth-order valence-corrected chi connectivity index (χ4v) is 2.35. The molecule has 1 aromatic carbocycles. The maximum absolute atomic E-state index is 5.93. The summed E-state index contributed by atoms with van der Waals surface area (Å²) in [6.45, 7) is 2.53. The molecule has 0 amide bonds. The smallest absolute Gasteiger partial charge is 0.169 e. The van der Waals surface area contributed by atoms with Gasteiger partial charge in [0.15, 0.2) is 11.6 Å². The average Bonchev–Trinajstić information content (AvgIpc) is 2.46. The highest BCUT2D eigenvalue weighted by atomic mass is 16.5. The van der Waals surface area contributed by atoms with Crippen molar-refractivity contribution < 1.29 is 4.74 Å². The Morgan fingerprint density at radius 2 is 2.05 bits per heavy atom. The largest absolute Gasteiger partial charge is 0.381 e. The van der Waals surface area contributed by atoms with E-state index < -0.39 is 0 Å². The Labute approximate surface area is 112 Å². The first kappa shape index (κ1) is 12.2. The first-order chi connectivity index (χ1) is 9.33. The molecule has 5 nitrogen and oxygen atoms in total. The van der Waals surface area contributed by atoms with Crippen LogP contribution >= 0.6 is 0 Å². The van der Waals surface area contributed by atoms with Crippen molar-refractivity contribution in [3.63, 3.8) is 0 Å². The molecule has 19 heavy (non-hydrogen) atoms. The summed E-state index contributed by atoms with van der Waals surface area (Å²) in [5.41, 5.74) is 7.62. The number of benzene rings is 1. The number of nitrogens with zero attached hydrogens (tertiary/aromatic N) is 2. The van der Waals surface area contributed by atoms with Crippen molar-refractivity contribution in [1.82, 2.24) is 9.97 Å². The van der Waals surface area contributed by atoms with Gasteiger partial charge in [-0.3, -0.25) is 0 Å². The van der Waals surface area contributed by atoms with Crippen LogP contribution in [0.3, 0.4) is 0 Å². The number of hydrogen-bond donors (Lipinski definition) is 2. The van der Waals surface area contributed by atoms with E-state index in [0.29, 0.717) is 17.6 Å². The van der Waals surface area contributed by atoms with Gasteiger partial charge in [0, 0.05) is 13.2 Å². The molecular formula is C14H18N4O. The summed E-state index contributed by atoms with van der Waals surface area (Å²) in [6, 6.07) is 7.74. The molecule has 3 rings (SSSR count). The van der Waals surface area contributed by atoms with E-state index in [4.69, 9.17) is 10.5 Å². The Balaban J connectivity index is 1.74. The zero-order chi connectivity index (χ0) is 13.1. The average molecular weight is 258 g/mol. The quantitative estimate of drug-likeness (QED) is 0.881. The monoisotopic (exact) mass is 258 g/mol.